The van der Waals surface area contributed by atoms with Crippen LogP contribution in [-0.2, 0) is 4.94 Å². The molecule has 272 valence electrons. The lowest BCUT2D eigenvalue weighted by molar-refractivity contribution is -0.539. The third-order valence-electron chi connectivity index (χ3n) is 5.22. The van der Waals surface area contributed by atoms with Gasteiger partial charge in [-0.1, -0.05) is 0 Å². The van der Waals surface area contributed by atoms with Gasteiger partial charge >= 0.3 is 83.3 Å². The molecular weight excluding hydrogens is 751 g/mol. The third kappa shape index (κ3) is 4.80. The Balaban J connectivity index is 7.69. The first kappa shape index (κ1) is 42.9. The highest BCUT2D eigenvalue weighted by molar-refractivity contribution is 5.20. The van der Waals surface area contributed by atoms with Gasteiger partial charge in [0.1, 0.15) is 0 Å². The summed E-state index contributed by atoms with van der Waals surface area (Å²) in [6.07, 6.45) is -16.6. The molecule has 1 N–H and O–H groups in total. The number of rotatable bonds is 12. The average molecular weight is 752 g/mol. The van der Waals surface area contributed by atoms with Gasteiger partial charge in [-0.3, -0.25) is 0 Å². The van der Waals surface area contributed by atoms with Crippen LogP contribution in [-0.4, -0.2) is 88.4 Å². The maximum absolute atomic E-state index is 13.9. The zero-order valence-electron chi connectivity index (χ0n) is 18.8. The van der Waals surface area contributed by atoms with E-state index >= 15 is 0 Å². The van der Waals surface area contributed by atoms with Crippen molar-refractivity contribution in [3.05, 3.63) is 0 Å². The molecule has 0 saturated heterocycles. The van der Waals surface area contributed by atoms with E-state index in [0.29, 0.717) is 4.94 Å². The molecule has 0 aromatic carbocycles. The van der Waals surface area contributed by atoms with E-state index in [1.165, 1.54) is 0 Å². The highest BCUT2D eigenvalue weighted by atomic mass is 19.4. The summed E-state index contributed by atoms with van der Waals surface area (Å²) < 4.78 is 379. The molecule has 0 heterocycles. The summed E-state index contributed by atoms with van der Waals surface area (Å²) in [5, 5.41) is 8.51. The molecule has 0 amide bonds. The predicted octanol–water partition coefficient (Wildman–Crippen LogP) is 8.69. The smallest absolute Gasteiger partial charge is 0.353 e. The molecule has 0 aromatic rings. The summed E-state index contributed by atoms with van der Waals surface area (Å²) >= 11 is 0. The number of alkyl halides is 28. The number of hydrogen-bond acceptors (Lipinski definition) is 2. The average Bonchev–Trinajstić information content (AvgIpc) is 2.80. The molecule has 0 spiro atoms. The van der Waals surface area contributed by atoms with Crippen molar-refractivity contribution in [1.82, 2.24) is 0 Å². The Morgan fingerprint density at radius 2 is 0.378 bits per heavy atom. The molecule has 1 atom stereocenters. The normalized spacial score (nSPS) is 18.3. The van der Waals surface area contributed by atoms with E-state index < -0.39 is 83.3 Å². The first-order valence-corrected chi connectivity index (χ1v) is 9.12. The van der Waals surface area contributed by atoms with Gasteiger partial charge in [0.2, 0.25) is 0 Å². The fourth-order valence-electron chi connectivity index (χ4n) is 2.46. The van der Waals surface area contributed by atoms with Crippen molar-refractivity contribution < 1.29 is 138 Å². The minimum absolute atomic E-state index is 0.547. The Labute approximate surface area is 222 Å². The van der Waals surface area contributed by atoms with Gasteiger partial charge in [0.15, 0.2) is 0 Å². The number of halogens is 29. The second kappa shape index (κ2) is 10.2. The minimum atomic E-state index is -9.84. The van der Waals surface area contributed by atoms with Crippen LogP contribution in [0.2, 0.25) is 0 Å². The van der Waals surface area contributed by atoms with E-state index in [2.05, 4.69) is 0 Å². The Morgan fingerprint density at radius 3 is 0.511 bits per heavy atom. The van der Waals surface area contributed by atoms with Gasteiger partial charge in [-0.15, -0.1) is 4.94 Å². The van der Waals surface area contributed by atoms with Gasteiger partial charge in [0.25, 0.3) is 0 Å². The molecule has 1 unspecified atom stereocenters. The fourth-order valence-corrected chi connectivity index (χ4v) is 2.46. The molecule has 31 heteroatoms. The number of aliphatic hydroxyl groups is 1. The van der Waals surface area contributed by atoms with Crippen molar-refractivity contribution in [2.45, 2.75) is 83.3 Å². The molecule has 0 aliphatic carbocycles. The van der Waals surface area contributed by atoms with Crippen molar-refractivity contribution >= 4 is 0 Å². The molecule has 0 rings (SSSR count). The topological polar surface area (TPSA) is 29.5 Å². The maximum atomic E-state index is 13.9. The van der Waals surface area contributed by atoms with Gasteiger partial charge < -0.3 is 5.11 Å². The molecule has 0 saturated carbocycles. The Hall–Kier alpha value is -2.11. The van der Waals surface area contributed by atoms with Crippen molar-refractivity contribution in [2.24, 2.45) is 0 Å². The summed E-state index contributed by atoms with van der Waals surface area (Å²) in [6.45, 7) is 0. The van der Waals surface area contributed by atoms with Crippen LogP contribution in [0.25, 0.3) is 0 Å². The fraction of sp³-hybridized carbons (Fsp3) is 1.00. The molecule has 0 fully saturated rings. The summed E-state index contributed by atoms with van der Waals surface area (Å²) in [5.41, 5.74) is 0. The molecule has 0 aliphatic rings. The van der Waals surface area contributed by atoms with Gasteiger partial charge in [0.05, 0.1) is 0 Å². The largest absolute Gasteiger partial charge is 0.460 e. The third-order valence-corrected chi connectivity index (χ3v) is 5.22. The van der Waals surface area contributed by atoms with Crippen LogP contribution in [0.1, 0.15) is 0 Å². The van der Waals surface area contributed by atoms with Crippen LogP contribution in [0.15, 0.2) is 0 Å². The first-order valence-electron chi connectivity index (χ1n) is 9.12. The lowest BCUT2D eigenvalue weighted by atomic mass is 9.82. The van der Waals surface area contributed by atoms with Crippen molar-refractivity contribution in [2.75, 3.05) is 0 Å². The Morgan fingerprint density at radius 1 is 0.244 bits per heavy atom. The molecule has 0 bridgehead atoms. The number of hydrogen-bond donors (Lipinski definition) is 1. The van der Waals surface area contributed by atoms with Gasteiger partial charge in [-0.2, -0.15) is 123 Å². The van der Waals surface area contributed by atoms with E-state index in [0.717, 1.165) is 0 Å². The van der Waals surface area contributed by atoms with E-state index in [-0.39, 0.29) is 0 Å². The van der Waals surface area contributed by atoms with Crippen LogP contribution in [0.3, 0.4) is 0 Å². The molecule has 0 aliphatic heterocycles. The second-order valence-electron chi connectivity index (χ2n) is 8.04. The van der Waals surface area contributed by atoms with Crippen LogP contribution in [0, 0.1) is 0 Å². The lowest BCUT2D eigenvalue weighted by Gasteiger charge is -2.47. The van der Waals surface area contributed by atoms with E-state index in [4.69, 9.17) is 5.11 Å². The Bertz CT molecular complexity index is 1080. The minimum Gasteiger partial charge on any atom is -0.353 e. The van der Waals surface area contributed by atoms with Crippen LogP contribution in [0.5, 0.6) is 0 Å². The van der Waals surface area contributed by atoms with Crippen LogP contribution >= 0.6 is 0 Å². The molecule has 0 aromatic heterocycles. The van der Waals surface area contributed by atoms with Crippen LogP contribution < -0.4 is 0 Å². The first-order chi connectivity index (χ1) is 18.8. The van der Waals surface area contributed by atoms with Gasteiger partial charge in [-0.25, -0.2) is 0 Å². The van der Waals surface area contributed by atoms with Crippen molar-refractivity contribution in [1.29, 1.82) is 0 Å². The van der Waals surface area contributed by atoms with Crippen LogP contribution in [0.4, 0.5) is 127 Å². The van der Waals surface area contributed by atoms with E-state index in [1.807, 2.05) is 0 Å². The second-order valence-corrected chi connectivity index (χ2v) is 8.04. The lowest BCUT2D eigenvalue weighted by Crippen LogP contribution is -2.81. The quantitative estimate of drug-likeness (QED) is 0.160. The standard InChI is InChI=1S/C14HF29O2/c15-1(16,3(19,20)6(25,26)10(33,34)13(37,38)39)2(17,18)4(21,22)8(29,30)12(44,45-43)9(31,32)5(23,24)7(27,28)11(35,36)14(40,41)42/h44H. The predicted molar refractivity (Wildman–Crippen MR) is 73.7 cm³/mol. The zero-order chi connectivity index (χ0) is 37.7. The molecule has 2 nitrogen and oxygen atoms in total. The maximum Gasteiger partial charge on any atom is 0.460 e. The monoisotopic (exact) mass is 752 g/mol. The summed E-state index contributed by atoms with van der Waals surface area (Å²) in [5.74, 6) is -113. The molecular formula is C14HF29O2. The molecule has 45 heavy (non-hydrogen) atoms. The molecule has 0 radical (unpaired) electrons. The summed E-state index contributed by atoms with van der Waals surface area (Å²) in [7, 11) is 0. The zero-order valence-corrected chi connectivity index (χ0v) is 18.8. The summed E-state index contributed by atoms with van der Waals surface area (Å²) in [6, 6.07) is 0. The van der Waals surface area contributed by atoms with E-state index in [9.17, 15) is 127 Å². The Kier molecular flexibility index (Phi) is 9.72. The highest BCUT2D eigenvalue weighted by Gasteiger charge is 3.00. The summed E-state index contributed by atoms with van der Waals surface area (Å²) in [4.78, 5) is 0.547. The van der Waals surface area contributed by atoms with Gasteiger partial charge in [0, 0.05) is 0 Å². The highest BCUT2D eigenvalue weighted by Crippen LogP contribution is 2.68. The van der Waals surface area contributed by atoms with Gasteiger partial charge in [-0.05, 0) is 4.53 Å². The van der Waals surface area contributed by atoms with E-state index in [1.54, 1.807) is 0 Å². The SMILES string of the molecule is OC(OF)(C(F)(F)C(F)(F)C(F)(F)C(F)(F)C(F)(F)F)C(F)(F)C(F)(F)C(F)(F)C(F)(F)C(F)(F)C(F)(F)C(F)(F)C(F)(F)F. The van der Waals surface area contributed by atoms with Crippen molar-refractivity contribution in [3.8, 4) is 0 Å². The van der Waals surface area contributed by atoms with Crippen molar-refractivity contribution in [3.63, 3.8) is 0 Å².